The third kappa shape index (κ3) is 6.28. The zero-order chi connectivity index (χ0) is 18.4. The number of ether oxygens (including phenoxy) is 1. The lowest BCUT2D eigenvalue weighted by Gasteiger charge is -2.36. The second-order valence-electron chi connectivity index (χ2n) is 6.79. The van der Waals surface area contributed by atoms with Crippen LogP contribution in [0, 0.1) is 12.8 Å². The molecule has 1 amide bonds. The Balaban J connectivity index is 0.00000261. The highest BCUT2D eigenvalue weighted by molar-refractivity contribution is 14.0. The predicted molar refractivity (Wildman–Crippen MR) is 119 cm³/mol. The number of thiazole rings is 1. The molecular weight excluding hydrogens is 477 g/mol. The minimum Gasteiger partial charge on any atom is -0.378 e. The molecule has 1 aromatic heterocycles. The normalized spacial score (nSPS) is 19.0. The van der Waals surface area contributed by atoms with E-state index in [9.17, 15) is 4.79 Å². The number of rotatable bonds is 4. The van der Waals surface area contributed by atoms with Crippen LogP contribution in [0.1, 0.15) is 22.7 Å². The van der Waals surface area contributed by atoms with Gasteiger partial charge in [0.15, 0.2) is 5.96 Å². The van der Waals surface area contributed by atoms with Gasteiger partial charge < -0.3 is 19.9 Å². The van der Waals surface area contributed by atoms with Crippen LogP contribution in [0.5, 0.6) is 0 Å². The van der Waals surface area contributed by atoms with E-state index < -0.39 is 0 Å². The Morgan fingerprint density at radius 3 is 2.59 bits per heavy atom. The number of likely N-dealkylation sites (tertiary alicyclic amines) is 1. The molecule has 0 aliphatic carbocycles. The van der Waals surface area contributed by atoms with E-state index in [4.69, 9.17) is 4.74 Å². The Bertz CT molecular complexity index is 625. The molecule has 0 saturated carbocycles. The van der Waals surface area contributed by atoms with Crippen LogP contribution >= 0.6 is 35.3 Å². The molecule has 0 aromatic carbocycles. The van der Waals surface area contributed by atoms with Crippen LogP contribution in [-0.4, -0.2) is 79.6 Å². The van der Waals surface area contributed by atoms with Gasteiger partial charge >= 0.3 is 0 Å². The number of morpholine rings is 1. The lowest BCUT2D eigenvalue weighted by molar-refractivity contribution is -0.140. The molecule has 2 aliphatic rings. The Morgan fingerprint density at radius 1 is 1.30 bits per heavy atom. The Labute approximate surface area is 182 Å². The topological polar surface area (TPSA) is 70.1 Å². The summed E-state index contributed by atoms with van der Waals surface area (Å²) >= 11 is 1.74. The summed E-state index contributed by atoms with van der Waals surface area (Å²) in [7, 11) is 1.82. The standard InChI is InChI=1S/C18H29N5O2S.HI/c1-14-13-21-16(26-14)3-6-20-18(19-2)23-7-4-15(5-8-23)17(24)22-9-11-25-12-10-22;/h13,15H,3-12H2,1-2H3,(H,19,20);1H. The summed E-state index contributed by atoms with van der Waals surface area (Å²) in [6.45, 7) is 7.45. The first-order chi connectivity index (χ1) is 12.7. The Morgan fingerprint density at radius 2 is 2.00 bits per heavy atom. The average molecular weight is 507 g/mol. The number of carbonyl (C=O) groups is 1. The van der Waals surface area contributed by atoms with Crippen molar-refractivity contribution in [2.24, 2.45) is 10.9 Å². The molecular formula is C18H30IN5O2S. The molecule has 1 N–H and O–H groups in total. The largest absolute Gasteiger partial charge is 0.378 e. The van der Waals surface area contributed by atoms with Crippen LogP contribution in [-0.2, 0) is 16.0 Å². The lowest BCUT2D eigenvalue weighted by atomic mass is 9.95. The maximum atomic E-state index is 12.6. The SMILES string of the molecule is CN=C(NCCc1ncc(C)s1)N1CCC(C(=O)N2CCOCC2)CC1.I. The molecule has 7 nitrogen and oxygen atoms in total. The van der Waals surface area contributed by atoms with E-state index in [1.165, 1.54) is 4.88 Å². The number of guanidine groups is 1. The molecule has 1 aromatic rings. The molecule has 2 saturated heterocycles. The van der Waals surface area contributed by atoms with E-state index in [-0.39, 0.29) is 29.9 Å². The van der Waals surface area contributed by atoms with Gasteiger partial charge in [-0.25, -0.2) is 4.98 Å². The Kier molecular flexibility index (Phi) is 9.24. The van der Waals surface area contributed by atoms with E-state index in [0.29, 0.717) is 19.1 Å². The first kappa shape index (κ1) is 22.4. The average Bonchev–Trinajstić information content (AvgIpc) is 3.11. The number of aryl methyl sites for hydroxylation is 1. The molecule has 2 aliphatic heterocycles. The smallest absolute Gasteiger partial charge is 0.225 e. The highest BCUT2D eigenvalue weighted by atomic mass is 127. The van der Waals surface area contributed by atoms with E-state index in [1.807, 2.05) is 18.1 Å². The minimum atomic E-state index is 0. The number of carbonyl (C=O) groups excluding carboxylic acids is 1. The number of nitrogens with one attached hydrogen (secondary N) is 1. The van der Waals surface area contributed by atoms with Crippen molar-refractivity contribution in [2.75, 3.05) is 53.0 Å². The van der Waals surface area contributed by atoms with Crippen molar-refractivity contribution in [2.45, 2.75) is 26.2 Å². The number of aliphatic imine (C=N–C) groups is 1. The van der Waals surface area contributed by atoms with Crippen molar-refractivity contribution in [1.82, 2.24) is 20.1 Å². The van der Waals surface area contributed by atoms with Crippen LogP contribution in [0.15, 0.2) is 11.2 Å². The number of hydrogen-bond donors (Lipinski definition) is 1. The molecule has 3 heterocycles. The summed E-state index contributed by atoms with van der Waals surface area (Å²) in [5.74, 6) is 1.37. The number of nitrogens with zero attached hydrogens (tertiary/aromatic N) is 4. The third-order valence-electron chi connectivity index (χ3n) is 4.97. The van der Waals surface area contributed by atoms with Gasteiger partial charge in [-0.1, -0.05) is 0 Å². The maximum Gasteiger partial charge on any atom is 0.225 e. The summed E-state index contributed by atoms with van der Waals surface area (Å²) in [5.41, 5.74) is 0. The molecule has 152 valence electrons. The predicted octanol–water partition coefficient (Wildman–Crippen LogP) is 1.76. The second-order valence-corrected chi connectivity index (χ2v) is 8.11. The molecule has 0 spiro atoms. The van der Waals surface area contributed by atoms with Gasteiger partial charge in [-0.2, -0.15) is 0 Å². The third-order valence-corrected chi connectivity index (χ3v) is 5.94. The van der Waals surface area contributed by atoms with Gasteiger partial charge in [0, 0.05) is 63.2 Å². The molecule has 27 heavy (non-hydrogen) atoms. The molecule has 3 rings (SSSR count). The van der Waals surface area contributed by atoms with Crippen molar-refractivity contribution in [3.05, 3.63) is 16.1 Å². The Hall–Kier alpha value is -0.940. The zero-order valence-electron chi connectivity index (χ0n) is 16.1. The summed E-state index contributed by atoms with van der Waals surface area (Å²) in [6, 6.07) is 0. The van der Waals surface area contributed by atoms with Gasteiger partial charge in [0.2, 0.25) is 5.91 Å². The molecule has 0 bridgehead atoms. The van der Waals surface area contributed by atoms with Crippen molar-refractivity contribution in [3.63, 3.8) is 0 Å². The first-order valence-electron chi connectivity index (χ1n) is 9.41. The van der Waals surface area contributed by atoms with E-state index >= 15 is 0 Å². The fourth-order valence-electron chi connectivity index (χ4n) is 3.51. The summed E-state index contributed by atoms with van der Waals surface area (Å²) in [6.07, 6.45) is 4.61. The number of piperidine rings is 1. The van der Waals surface area contributed by atoms with Gasteiger partial charge in [0.1, 0.15) is 0 Å². The van der Waals surface area contributed by atoms with Crippen molar-refractivity contribution in [3.8, 4) is 0 Å². The molecule has 0 atom stereocenters. The highest BCUT2D eigenvalue weighted by Gasteiger charge is 2.30. The number of halogens is 1. The summed E-state index contributed by atoms with van der Waals surface area (Å²) < 4.78 is 5.34. The van der Waals surface area contributed by atoms with Gasteiger partial charge in [-0.3, -0.25) is 9.79 Å². The maximum absolute atomic E-state index is 12.6. The second kappa shape index (κ2) is 11.2. The quantitative estimate of drug-likeness (QED) is 0.382. The van der Waals surface area contributed by atoms with Gasteiger partial charge in [-0.15, -0.1) is 35.3 Å². The fourth-order valence-corrected chi connectivity index (χ4v) is 4.30. The minimum absolute atomic E-state index is 0. The van der Waals surface area contributed by atoms with Gasteiger partial charge in [0.25, 0.3) is 0 Å². The highest BCUT2D eigenvalue weighted by Crippen LogP contribution is 2.20. The molecule has 2 fully saturated rings. The van der Waals surface area contributed by atoms with Crippen molar-refractivity contribution < 1.29 is 9.53 Å². The van der Waals surface area contributed by atoms with Crippen molar-refractivity contribution in [1.29, 1.82) is 0 Å². The molecule has 9 heteroatoms. The summed E-state index contributed by atoms with van der Waals surface area (Å²) in [4.78, 5) is 26.9. The van der Waals surface area contributed by atoms with E-state index in [0.717, 1.165) is 63.0 Å². The van der Waals surface area contributed by atoms with Crippen LogP contribution in [0.3, 0.4) is 0 Å². The van der Waals surface area contributed by atoms with E-state index in [1.54, 1.807) is 11.3 Å². The number of aromatic nitrogens is 1. The zero-order valence-corrected chi connectivity index (χ0v) is 19.3. The van der Waals surface area contributed by atoms with Crippen LogP contribution in [0.25, 0.3) is 0 Å². The van der Waals surface area contributed by atoms with Crippen LogP contribution in [0.4, 0.5) is 0 Å². The van der Waals surface area contributed by atoms with E-state index in [2.05, 4.69) is 27.1 Å². The van der Waals surface area contributed by atoms with Gasteiger partial charge in [0.05, 0.1) is 18.2 Å². The fraction of sp³-hybridized carbons (Fsp3) is 0.722. The van der Waals surface area contributed by atoms with Gasteiger partial charge in [-0.05, 0) is 19.8 Å². The van der Waals surface area contributed by atoms with Crippen LogP contribution in [0.2, 0.25) is 0 Å². The van der Waals surface area contributed by atoms with Crippen molar-refractivity contribution >= 4 is 47.2 Å². The summed E-state index contributed by atoms with van der Waals surface area (Å²) in [5, 5.41) is 4.59. The molecule has 0 radical (unpaired) electrons. The first-order valence-corrected chi connectivity index (χ1v) is 10.2. The van der Waals surface area contributed by atoms with Crippen LogP contribution < -0.4 is 5.32 Å². The molecule has 0 unspecified atom stereocenters. The lowest BCUT2D eigenvalue weighted by Crippen LogP contribution is -2.50. The monoisotopic (exact) mass is 507 g/mol. The number of hydrogen-bond acceptors (Lipinski definition) is 5. The number of amides is 1.